The van der Waals surface area contributed by atoms with Crippen LogP contribution in [0.25, 0.3) is 0 Å². The maximum absolute atomic E-state index is 10.5. The highest BCUT2D eigenvalue weighted by molar-refractivity contribution is 5.82. The molecule has 1 atom stereocenters. The van der Waals surface area contributed by atoms with E-state index in [0.29, 0.717) is 0 Å². The fourth-order valence-corrected chi connectivity index (χ4v) is 0.345. The van der Waals surface area contributed by atoms with Crippen LogP contribution >= 0.6 is 0 Å². The van der Waals surface area contributed by atoms with Crippen LogP contribution in [-0.2, 0) is 9.53 Å². The molecule has 58 valence electrons. The van der Waals surface area contributed by atoms with Crippen molar-refractivity contribution < 1.29 is 14.3 Å². The van der Waals surface area contributed by atoms with Gasteiger partial charge >= 0.3 is 6.09 Å². The Morgan fingerprint density at radius 3 is 2.40 bits per heavy atom. The topological polar surface area (TPSA) is 107 Å². The summed E-state index contributed by atoms with van der Waals surface area (Å²) in [6.07, 6.45) is -1.95. The normalized spacial score (nSPS) is 11.8. The van der Waals surface area contributed by atoms with E-state index in [1.807, 2.05) is 0 Å². The number of hydrogen-bond donors (Lipinski definition) is 3. The third-order valence-corrected chi connectivity index (χ3v) is 0.804. The van der Waals surface area contributed by atoms with Crippen molar-refractivity contribution in [2.75, 3.05) is 0 Å². The van der Waals surface area contributed by atoms with Crippen LogP contribution in [0.2, 0.25) is 0 Å². The number of amides is 2. The van der Waals surface area contributed by atoms with Gasteiger partial charge in [0, 0.05) is 0 Å². The van der Waals surface area contributed by atoms with Gasteiger partial charge < -0.3 is 10.5 Å². The molecule has 0 radical (unpaired) electrons. The molecule has 6 nitrogen and oxygen atoms in total. The minimum atomic E-state index is -1.00. The van der Waals surface area contributed by atoms with Gasteiger partial charge in [0.15, 0.2) is 6.10 Å². The summed E-state index contributed by atoms with van der Waals surface area (Å²) in [6, 6.07) is 0. The Morgan fingerprint density at radius 1 is 1.60 bits per heavy atom. The van der Waals surface area contributed by atoms with E-state index >= 15 is 0 Å². The Bertz CT molecular complexity index is 147. The van der Waals surface area contributed by atoms with Gasteiger partial charge in [-0.1, -0.05) is 0 Å². The predicted octanol–water partition coefficient (Wildman–Crippen LogP) is -1.54. The van der Waals surface area contributed by atoms with Crippen molar-refractivity contribution >= 4 is 12.0 Å². The quantitative estimate of drug-likeness (QED) is 0.250. The van der Waals surface area contributed by atoms with E-state index in [1.54, 1.807) is 5.43 Å². The highest BCUT2D eigenvalue weighted by Gasteiger charge is 2.13. The zero-order valence-electron chi connectivity index (χ0n) is 5.46. The number of ether oxygens (including phenoxy) is 1. The first kappa shape index (κ1) is 8.70. The number of hydrogen-bond acceptors (Lipinski definition) is 4. The maximum atomic E-state index is 10.5. The second-order valence-electron chi connectivity index (χ2n) is 1.59. The van der Waals surface area contributed by atoms with Gasteiger partial charge in [-0.25, -0.2) is 10.6 Å². The first-order chi connectivity index (χ1) is 4.57. The lowest BCUT2D eigenvalue weighted by atomic mass is 10.4. The second kappa shape index (κ2) is 3.67. The van der Waals surface area contributed by atoms with Gasteiger partial charge in [-0.05, 0) is 6.92 Å². The van der Waals surface area contributed by atoms with Crippen molar-refractivity contribution in [1.82, 2.24) is 5.43 Å². The molecule has 0 saturated heterocycles. The summed E-state index contributed by atoms with van der Waals surface area (Å²) in [5.41, 5.74) is 6.40. The smallest absolute Gasteiger partial charge is 0.405 e. The number of carbonyl (C=O) groups is 2. The van der Waals surface area contributed by atoms with Crippen molar-refractivity contribution in [3.8, 4) is 0 Å². The Kier molecular flexibility index (Phi) is 3.20. The largest absolute Gasteiger partial charge is 0.437 e. The van der Waals surface area contributed by atoms with Crippen LogP contribution in [0.1, 0.15) is 6.92 Å². The first-order valence-corrected chi connectivity index (χ1v) is 2.54. The summed E-state index contributed by atoms with van der Waals surface area (Å²) in [4.78, 5) is 20.5. The Hall–Kier alpha value is -1.30. The average molecular weight is 147 g/mol. The molecule has 2 amide bonds. The summed E-state index contributed by atoms with van der Waals surface area (Å²) in [6.45, 7) is 1.35. The van der Waals surface area contributed by atoms with Gasteiger partial charge in [0.1, 0.15) is 0 Å². The molecule has 0 aliphatic carbocycles. The fraction of sp³-hybridized carbons (Fsp3) is 0.500. The molecular formula is C4H9N3O3. The van der Waals surface area contributed by atoms with E-state index < -0.39 is 18.1 Å². The standard InChI is InChI=1S/C4H9N3O3/c1-2(3(8)7-6)10-4(5)9/h2H,6H2,1H3,(H2,5,9)(H,7,8). The molecule has 1 unspecified atom stereocenters. The molecule has 0 aromatic heterocycles. The van der Waals surface area contributed by atoms with Crippen molar-refractivity contribution in [1.29, 1.82) is 0 Å². The van der Waals surface area contributed by atoms with Crippen LogP contribution in [0, 0.1) is 0 Å². The molecular weight excluding hydrogens is 138 g/mol. The SMILES string of the molecule is CC(OC(N)=O)C(=O)NN. The van der Waals surface area contributed by atoms with Crippen LogP contribution < -0.4 is 17.0 Å². The minimum absolute atomic E-state index is 0.598. The molecule has 0 aromatic carbocycles. The highest BCUT2D eigenvalue weighted by atomic mass is 16.6. The van der Waals surface area contributed by atoms with Gasteiger partial charge in [-0.3, -0.25) is 10.2 Å². The highest BCUT2D eigenvalue weighted by Crippen LogP contribution is 1.87. The Morgan fingerprint density at radius 2 is 2.10 bits per heavy atom. The number of nitrogens with one attached hydrogen (secondary N) is 1. The van der Waals surface area contributed by atoms with Gasteiger partial charge in [0.2, 0.25) is 0 Å². The average Bonchev–Trinajstić information content (AvgIpc) is 1.85. The lowest BCUT2D eigenvalue weighted by molar-refractivity contribution is -0.128. The van der Waals surface area contributed by atoms with Crippen LogP contribution in [0.4, 0.5) is 4.79 Å². The summed E-state index contributed by atoms with van der Waals surface area (Å²) >= 11 is 0. The van der Waals surface area contributed by atoms with Crippen molar-refractivity contribution in [3.05, 3.63) is 0 Å². The number of primary amides is 1. The molecule has 0 spiro atoms. The maximum Gasteiger partial charge on any atom is 0.405 e. The predicted molar refractivity (Wildman–Crippen MR) is 32.5 cm³/mol. The van der Waals surface area contributed by atoms with Crippen LogP contribution in [0.15, 0.2) is 0 Å². The molecule has 0 aliphatic rings. The van der Waals surface area contributed by atoms with E-state index in [-0.39, 0.29) is 0 Å². The summed E-state index contributed by atoms with van der Waals surface area (Å²) in [7, 11) is 0. The molecule has 6 heteroatoms. The van der Waals surface area contributed by atoms with Gasteiger partial charge in [0.05, 0.1) is 0 Å². The minimum Gasteiger partial charge on any atom is -0.437 e. The number of nitrogens with two attached hydrogens (primary N) is 2. The van der Waals surface area contributed by atoms with Crippen LogP contribution in [0.3, 0.4) is 0 Å². The molecule has 0 saturated carbocycles. The molecule has 0 aliphatic heterocycles. The fourth-order valence-electron chi connectivity index (χ4n) is 0.345. The van der Waals surface area contributed by atoms with Gasteiger partial charge in [-0.2, -0.15) is 0 Å². The monoisotopic (exact) mass is 147 g/mol. The van der Waals surface area contributed by atoms with Gasteiger partial charge in [0.25, 0.3) is 5.91 Å². The Labute approximate surface area is 57.5 Å². The zero-order valence-corrected chi connectivity index (χ0v) is 5.46. The molecule has 0 aromatic rings. The zero-order chi connectivity index (χ0) is 8.15. The summed E-state index contributed by atoms with van der Waals surface area (Å²) in [5.74, 6) is 4.12. The van der Waals surface area contributed by atoms with Gasteiger partial charge in [-0.15, -0.1) is 0 Å². The third-order valence-electron chi connectivity index (χ3n) is 0.804. The summed E-state index contributed by atoms with van der Waals surface area (Å²) in [5, 5.41) is 0. The number of hydrazine groups is 1. The summed E-state index contributed by atoms with van der Waals surface area (Å²) < 4.78 is 4.25. The molecule has 0 bridgehead atoms. The van der Waals surface area contributed by atoms with E-state index in [9.17, 15) is 9.59 Å². The first-order valence-electron chi connectivity index (χ1n) is 2.54. The van der Waals surface area contributed by atoms with Crippen LogP contribution in [-0.4, -0.2) is 18.1 Å². The molecule has 10 heavy (non-hydrogen) atoms. The molecule has 0 heterocycles. The molecule has 0 fully saturated rings. The molecule has 5 N–H and O–H groups in total. The van der Waals surface area contributed by atoms with Crippen molar-refractivity contribution in [3.63, 3.8) is 0 Å². The third kappa shape index (κ3) is 2.88. The van der Waals surface area contributed by atoms with Crippen molar-refractivity contribution in [2.45, 2.75) is 13.0 Å². The van der Waals surface area contributed by atoms with E-state index in [1.165, 1.54) is 6.92 Å². The van der Waals surface area contributed by atoms with E-state index in [2.05, 4.69) is 10.5 Å². The lowest BCUT2D eigenvalue weighted by Crippen LogP contribution is -2.40. The lowest BCUT2D eigenvalue weighted by Gasteiger charge is -2.07. The van der Waals surface area contributed by atoms with E-state index in [0.717, 1.165) is 0 Å². The Balaban J connectivity index is 3.72. The molecule has 0 rings (SSSR count). The van der Waals surface area contributed by atoms with E-state index in [4.69, 9.17) is 5.84 Å². The van der Waals surface area contributed by atoms with Crippen LogP contribution in [0.5, 0.6) is 0 Å². The second-order valence-corrected chi connectivity index (χ2v) is 1.59. The number of carbonyl (C=O) groups excluding carboxylic acids is 2. The number of rotatable bonds is 2. The van der Waals surface area contributed by atoms with Crippen molar-refractivity contribution in [2.24, 2.45) is 11.6 Å².